The van der Waals surface area contributed by atoms with Gasteiger partial charge < -0.3 is 14.8 Å². The summed E-state index contributed by atoms with van der Waals surface area (Å²) in [7, 11) is 0. The number of hydrogen-bond donors (Lipinski definition) is 3. The first-order valence-corrected chi connectivity index (χ1v) is 7.16. The SMILES string of the molecule is CC(C)c1csc(NC(=O)NCc2ccc(C(=O)O)o2)n1. The second-order valence-corrected chi connectivity index (χ2v) is 5.47. The lowest BCUT2D eigenvalue weighted by Crippen LogP contribution is -2.27. The molecule has 0 unspecified atom stereocenters. The molecule has 112 valence electrons. The van der Waals surface area contributed by atoms with E-state index in [2.05, 4.69) is 15.6 Å². The molecule has 2 rings (SSSR count). The van der Waals surface area contributed by atoms with Gasteiger partial charge in [0.2, 0.25) is 5.76 Å². The van der Waals surface area contributed by atoms with Gasteiger partial charge in [-0.05, 0) is 18.1 Å². The number of anilines is 1. The molecule has 2 aromatic heterocycles. The van der Waals surface area contributed by atoms with Crippen LogP contribution in [0.3, 0.4) is 0 Å². The van der Waals surface area contributed by atoms with E-state index in [9.17, 15) is 9.59 Å². The third-order valence-corrected chi connectivity index (χ3v) is 3.41. The van der Waals surface area contributed by atoms with Gasteiger partial charge in [-0.25, -0.2) is 14.6 Å². The zero-order valence-corrected chi connectivity index (χ0v) is 12.4. The lowest BCUT2D eigenvalue weighted by Gasteiger charge is -2.03. The Bertz CT molecular complexity index is 647. The molecule has 2 heterocycles. The van der Waals surface area contributed by atoms with Gasteiger partial charge in [0, 0.05) is 5.38 Å². The summed E-state index contributed by atoms with van der Waals surface area (Å²) in [6.45, 7) is 4.15. The molecule has 0 aliphatic carbocycles. The van der Waals surface area contributed by atoms with E-state index >= 15 is 0 Å². The molecule has 8 heteroatoms. The van der Waals surface area contributed by atoms with Crippen LogP contribution < -0.4 is 10.6 Å². The fraction of sp³-hybridized carbons (Fsp3) is 0.308. The van der Waals surface area contributed by atoms with E-state index in [1.165, 1.54) is 23.5 Å². The van der Waals surface area contributed by atoms with Gasteiger partial charge in [0.15, 0.2) is 5.13 Å². The first-order chi connectivity index (χ1) is 9.95. The number of rotatable bonds is 5. The van der Waals surface area contributed by atoms with Gasteiger partial charge in [0.25, 0.3) is 0 Å². The second-order valence-electron chi connectivity index (χ2n) is 4.61. The zero-order valence-electron chi connectivity index (χ0n) is 11.5. The van der Waals surface area contributed by atoms with Crippen molar-refractivity contribution in [1.82, 2.24) is 10.3 Å². The molecule has 0 bridgehead atoms. The van der Waals surface area contributed by atoms with Gasteiger partial charge in [-0.2, -0.15) is 0 Å². The molecule has 0 aliphatic rings. The summed E-state index contributed by atoms with van der Waals surface area (Å²) >= 11 is 1.35. The molecule has 0 saturated carbocycles. The molecule has 21 heavy (non-hydrogen) atoms. The Labute approximate surface area is 125 Å². The maximum Gasteiger partial charge on any atom is 0.371 e. The summed E-state index contributed by atoms with van der Waals surface area (Å²) < 4.78 is 5.03. The van der Waals surface area contributed by atoms with Crippen molar-refractivity contribution in [2.45, 2.75) is 26.3 Å². The van der Waals surface area contributed by atoms with Crippen LogP contribution in [0, 0.1) is 0 Å². The quantitative estimate of drug-likeness (QED) is 0.787. The molecule has 0 aromatic carbocycles. The Hall–Kier alpha value is -2.35. The smallest absolute Gasteiger partial charge is 0.371 e. The number of urea groups is 1. The van der Waals surface area contributed by atoms with Crippen molar-refractivity contribution in [2.75, 3.05) is 5.32 Å². The number of aromatic nitrogens is 1. The van der Waals surface area contributed by atoms with Gasteiger partial charge in [-0.3, -0.25) is 5.32 Å². The Kier molecular flexibility index (Phi) is 4.59. The standard InChI is InChI=1S/C13H15N3O4S/c1-7(2)9-6-21-13(15-9)16-12(19)14-5-8-3-4-10(20-8)11(17)18/h3-4,6-7H,5H2,1-2H3,(H,17,18)(H2,14,15,16,19). The minimum Gasteiger partial charge on any atom is -0.475 e. The first kappa shape index (κ1) is 15.0. The molecular formula is C13H15N3O4S. The molecule has 0 saturated heterocycles. The Morgan fingerprint density at radius 2 is 2.19 bits per heavy atom. The average molecular weight is 309 g/mol. The molecule has 0 spiro atoms. The minimum absolute atomic E-state index is 0.0987. The second kappa shape index (κ2) is 6.40. The summed E-state index contributed by atoms with van der Waals surface area (Å²) in [5.74, 6) is -0.634. The lowest BCUT2D eigenvalue weighted by molar-refractivity contribution is 0.0660. The van der Waals surface area contributed by atoms with Gasteiger partial charge in [-0.15, -0.1) is 11.3 Å². The maximum atomic E-state index is 11.7. The van der Waals surface area contributed by atoms with E-state index in [0.29, 0.717) is 16.8 Å². The minimum atomic E-state index is -1.14. The molecule has 2 amide bonds. The number of thiazole rings is 1. The summed E-state index contributed by atoms with van der Waals surface area (Å²) in [5.41, 5.74) is 0.924. The van der Waals surface area contributed by atoms with E-state index in [0.717, 1.165) is 5.69 Å². The van der Waals surface area contributed by atoms with Crippen LogP contribution >= 0.6 is 11.3 Å². The van der Waals surface area contributed by atoms with Gasteiger partial charge in [0.1, 0.15) is 5.76 Å². The van der Waals surface area contributed by atoms with Crippen molar-refractivity contribution in [1.29, 1.82) is 0 Å². The van der Waals surface area contributed by atoms with Crippen LogP contribution in [0.2, 0.25) is 0 Å². The first-order valence-electron chi connectivity index (χ1n) is 6.28. The highest BCUT2D eigenvalue weighted by molar-refractivity contribution is 7.13. The van der Waals surface area contributed by atoms with Gasteiger partial charge in [-0.1, -0.05) is 13.8 Å². The number of aromatic carboxylic acids is 1. The van der Waals surface area contributed by atoms with Crippen molar-refractivity contribution < 1.29 is 19.1 Å². The average Bonchev–Trinajstić information content (AvgIpc) is 3.05. The van der Waals surface area contributed by atoms with Gasteiger partial charge in [0.05, 0.1) is 12.2 Å². The Morgan fingerprint density at radius 1 is 1.43 bits per heavy atom. The normalized spacial score (nSPS) is 10.6. The third-order valence-electron chi connectivity index (χ3n) is 2.63. The third kappa shape index (κ3) is 4.06. The van der Waals surface area contributed by atoms with Crippen LogP contribution in [0.4, 0.5) is 9.93 Å². The highest BCUT2D eigenvalue weighted by atomic mass is 32.1. The fourth-order valence-electron chi connectivity index (χ4n) is 1.51. The summed E-state index contributed by atoms with van der Waals surface area (Å²) in [6.07, 6.45) is 0. The van der Waals surface area contributed by atoms with Crippen LogP contribution in [0.15, 0.2) is 21.9 Å². The predicted molar refractivity (Wildman–Crippen MR) is 77.7 cm³/mol. The van der Waals surface area contributed by atoms with E-state index in [-0.39, 0.29) is 12.3 Å². The number of carboxylic acids is 1. The van der Waals surface area contributed by atoms with Crippen molar-refractivity contribution in [3.8, 4) is 0 Å². The van der Waals surface area contributed by atoms with E-state index in [1.807, 2.05) is 19.2 Å². The highest BCUT2D eigenvalue weighted by Crippen LogP contribution is 2.21. The number of furan rings is 1. The number of carbonyl (C=O) groups is 2. The zero-order chi connectivity index (χ0) is 15.4. The Morgan fingerprint density at radius 3 is 2.76 bits per heavy atom. The molecule has 2 aromatic rings. The molecule has 0 atom stereocenters. The summed E-state index contributed by atoms with van der Waals surface area (Å²) in [6, 6.07) is 2.42. The highest BCUT2D eigenvalue weighted by Gasteiger charge is 2.11. The van der Waals surface area contributed by atoms with Crippen LogP contribution in [0.25, 0.3) is 0 Å². The molecule has 0 aliphatic heterocycles. The number of nitrogens with one attached hydrogen (secondary N) is 2. The molecule has 0 radical (unpaired) electrons. The molecule has 7 nitrogen and oxygen atoms in total. The number of carboxylic acid groups (broad SMARTS) is 1. The van der Waals surface area contributed by atoms with Crippen LogP contribution in [0.5, 0.6) is 0 Å². The van der Waals surface area contributed by atoms with E-state index in [1.54, 1.807) is 0 Å². The summed E-state index contributed by atoms with van der Waals surface area (Å²) in [5, 5.41) is 16.3. The van der Waals surface area contributed by atoms with Gasteiger partial charge >= 0.3 is 12.0 Å². The lowest BCUT2D eigenvalue weighted by atomic mass is 10.2. The topological polar surface area (TPSA) is 104 Å². The molecule has 0 fully saturated rings. The number of hydrogen-bond acceptors (Lipinski definition) is 5. The fourth-order valence-corrected chi connectivity index (χ4v) is 2.37. The maximum absolute atomic E-state index is 11.7. The van der Waals surface area contributed by atoms with Crippen LogP contribution in [-0.2, 0) is 6.54 Å². The summed E-state index contributed by atoms with van der Waals surface area (Å²) in [4.78, 5) is 26.6. The van der Waals surface area contributed by atoms with Crippen LogP contribution in [0.1, 0.15) is 41.8 Å². The van der Waals surface area contributed by atoms with Crippen molar-refractivity contribution in [3.63, 3.8) is 0 Å². The molecular weight excluding hydrogens is 294 g/mol. The van der Waals surface area contributed by atoms with E-state index in [4.69, 9.17) is 9.52 Å². The number of nitrogens with zero attached hydrogens (tertiary/aromatic N) is 1. The van der Waals surface area contributed by atoms with E-state index < -0.39 is 12.0 Å². The Balaban J connectivity index is 1.85. The van der Waals surface area contributed by atoms with Crippen molar-refractivity contribution in [3.05, 3.63) is 34.7 Å². The van der Waals surface area contributed by atoms with Crippen molar-refractivity contribution >= 4 is 28.5 Å². The number of amides is 2. The molecule has 3 N–H and O–H groups in total. The largest absolute Gasteiger partial charge is 0.475 e. The number of carbonyl (C=O) groups excluding carboxylic acids is 1. The van der Waals surface area contributed by atoms with Crippen molar-refractivity contribution in [2.24, 2.45) is 0 Å². The predicted octanol–water partition coefficient (Wildman–Crippen LogP) is 2.88. The monoisotopic (exact) mass is 309 g/mol. The van der Waals surface area contributed by atoms with Crippen LogP contribution in [-0.4, -0.2) is 22.1 Å².